The molecule has 0 aliphatic carbocycles. The number of anilines is 1. The van der Waals surface area contributed by atoms with E-state index in [9.17, 15) is 14.3 Å². The number of Topliss-reactive ketones (excluding diaryl/α,β-unsaturated/α-hetero) is 1. The lowest BCUT2D eigenvalue weighted by molar-refractivity contribution is -0.130. The standard InChI is InChI=1S/C23H31FN4O3/c1-5-9-22(3,4)18(30)11-15-10-17(31-23(15,6-2)13-29)14-7-8-16-19(26-12-14)20(25)28-21(24)27-16/h2,12,14-15,17,29H,5,7-11,13H2,1,3-4H3,(H2,25,27,28)/t14?,15-,17-,23-/m1/s1. The third kappa shape index (κ3) is 4.63. The molecule has 31 heavy (non-hydrogen) atoms. The van der Waals surface area contributed by atoms with E-state index in [1.54, 1.807) is 6.21 Å². The van der Waals surface area contributed by atoms with Crippen LogP contribution in [-0.4, -0.2) is 45.4 Å². The molecule has 7 nitrogen and oxygen atoms in total. The molecule has 168 valence electrons. The Morgan fingerprint density at radius 2 is 2.23 bits per heavy atom. The molecule has 0 saturated carbocycles. The van der Waals surface area contributed by atoms with Gasteiger partial charge in [-0.1, -0.05) is 33.1 Å². The van der Waals surface area contributed by atoms with Gasteiger partial charge in [0.1, 0.15) is 11.5 Å². The van der Waals surface area contributed by atoms with Crippen molar-refractivity contribution in [2.24, 2.45) is 22.2 Å². The molecule has 1 fully saturated rings. The van der Waals surface area contributed by atoms with Gasteiger partial charge in [0.15, 0.2) is 11.4 Å². The van der Waals surface area contributed by atoms with E-state index in [0.29, 0.717) is 30.6 Å². The summed E-state index contributed by atoms with van der Waals surface area (Å²) in [5.74, 6) is 2.31. The van der Waals surface area contributed by atoms with Crippen LogP contribution in [0.25, 0.3) is 0 Å². The topological polar surface area (TPSA) is 111 Å². The van der Waals surface area contributed by atoms with E-state index in [0.717, 1.165) is 12.8 Å². The third-order valence-electron chi connectivity index (χ3n) is 6.62. The molecular weight excluding hydrogens is 399 g/mol. The predicted molar refractivity (Wildman–Crippen MR) is 116 cm³/mol. The summed E-state index contributed by atoms with van der Waals surface area (Å²) in [6.45, 7) is 5.58. The van der Waals surface area contributed by atoms with Crippen molar-refractivity contribution in [1.29, 1.82) is 0 Å². The van der Waals surface area contributed by atoms with Crippen molar-refractivity contribution >= 4 is 23.5 Å². The summed E-state index contributed by atoms with van der Waals surface area (Å²) in [6.07, 6.45) is 9.85. The van der Waals surface area contributed by atoms with Crippen LogP contribution in [0.4, 0.5) is 15.9 Å². The highest BCUT2D eigenvalue weighted by Gasteiger charge is 2.50. The maximum Gasteiger partial charge on any atom is 0.310 e. The van der Waals surface area contributed by atoms with Crippen LogP contribution in [0.1, 0.15) is 58.6 Å². The van der Waals surface area contributed by atoms with Gasteiger partial charge in [-0.15, -0.1) is 6.42 Å². The van der Waals surface area contributed by atoms with Crippen LogP contribution in [0, 0.1) is 35.7 Å². The number of aromatic nitrogens is 2. The summed E-state index contributed by atoms with van der Waals surface area (Å²) >= 11 is 0. The number of nitrogen functional groups attached to an aromatic ring is 1. The van der Waals surface area contributed by atoms with Crippen molar-refractivity contribution in [1.82, 2.24) is 9.97 Å². The molecule has 3 heterocycles. The van der Waals surface area contributed by atoms with Gasteiger partial charge in [0.25, 0.3) is 0 Å². The summed E-state index contributed by atoms with van der Waals surface area (Å²) in [5, 5.41) is 10.1. The largest absolute Gasteiger partial charge is 0.392 e. The second-order valence-corrected chi connectivity index (χ2v) is 9.20. The van der Waals surface area contributed by atoms with E-state index in [2.05, 4.69) is 27.8 Å². The van der Waals surface area contributed by atoms with Gasteiger partial charge in [-0.25, -0.2) is 4.98 Å². The summed E-state index contributed by atoms with van der Waals surface area (Å²) < 4.78 is 19.8. The van der Waals surface area contributed by atoms with Crippen LogP contribution in [0.3, 0.4) is 0 Å². The molecule has 0 aromatic carbocycles. The second-order valence-electron chi connectivity index (χ2n) is 9.20. The Balaban J connectivity index is 1.80. The number of aliphatic hydroxyl groups is 1. The van der Waals surface area contributed by atoms with Gasteiger partial charge >= 0.3 is 6.08 Å². The molecule has 3 N–H and O–H groups in total. The quantitative estimate of drug-likeness (QED) is 0.508. The van der Waals surface area contributed by atoms with Gasteiger partial charge in [-0.2, -0.15) is 9.37 Å². The molecule has 0 bridgehead atoms. The fraction of sp³-hybridized carbons (Fsp3) is 0.652. The monoisotopic (exact) mass is 430 g/mol. The highest BCUT2D eigenvalue weighted by Crippen LogP contribution is 2.43. The number of nitrogens with two attached hydrogens (primary N) is 1. The van der Waals surface area contributed by atoms with Crippen molar-refractivity contribution in [3.63, 3.8) is 0 Å². The van der Waals surface area contributed by atoms with Crippen molar-refractivity contribution in [3.8, 4) is 12.3 Å². The number of carbonyl (C=O) groups is 1. The average molecular weight is 431 g/mol. The lowest BCUT2D eigenvalue weighted by Crippen LogP contribution is -2.41. The number of aryl methyl sites for hydroxylation is 1. The fourth-order valence-corrected chi connectivity index (χ4v) is 4.66. The molecule has 2 aliphatic heterocycles. The SMILES string of the molecule is C#C[C@]1(CO)O[C@@H](C2C=Nc3c(N)nc(F)nc3CC2)C[C@@H]1CC(=O)C(C)(C)CCC. The van der Waals surface area contributed by atoms with Crippen LogP contribution in [0.15, 0.2) is 4.99 Å². The second kappa shape index (κ2) is 9.01. The number of aliphatic imine (C=N–C) groups is 1. The fourth-order valence-electron chi connectivity index (χ4n) is 4.66. The number of aliphatic hydroxyl groups excluding tert-OH is 1. The number of halogens is 1. The van der Waals surface area contributed by atoms with E-state index < -0.39 is 17.1 Å². The van der Waals surface area contributed by atoms with E-state index in [1.807, 2.05) is 13.8 Å². The Morgan fingerprint density at radius 1 is 1.48 bits per heavy atom. The Kier molecular flexibility index (Phi) is 6.77. The van der Waals surface area contributed by atoms with Crippen molar-refractivity contribution < 1.29 is 19.0 Å². The molecule has 2 aliphatic rings. The van der Waals surface area contributed by atoms with E-state index in [1.165, 1.54) is 0 Å². The summed E-state index contributed by atoms with van der Waals surface area (Å²) in [4.78, 5) is 24.8. The number of ketones is 1. The third-order valence-corrected chi connectivity index (χ3v) is 6.62. The van der Waals surface area contributed by atoms with E-state index in [-0.39, 0.29) is 42.6 Å². The number of nitrogens with zero attached hydrogens (tertiary/aromatic N) is 3. The molecule has 0 spiro atoms. The van der Waals surface area contributed by atoms with Crippen LogP contribution >= 0.6 is 0 Å². The van der Waals surface area contributed by atoms with Crippen LogP contribution in [0.5, 0.6) is 0 Å². The Bertz CT molecular complexity index is 911. The maximum absolute atomic E-state index is 13.5. The number of hydrogen-bond donors (Lipinski definition) is 2. The van der Waals surface area contributed by atoms with Gasteiger partial charge in [-0.3, -0.25) is 9.79 Å². The van der Waals surface area contributed by atoms with Crippen molar-refractivity contribution in [2.75, 3.05) is 12.3 Å². The molecular formula is C23H31FN4O3. The van der Waals surface area contributed by atoms with Gasteiger partial charge in [-0.05, 0) is 25.7 Å². The van der Waals surface area contributed by atoms with Gasteiger partial charge < -0.3 is 15.6 Å². The van der Waals surface area contributed by atoms with Crippen LogP contribution in [0.2, 0.25) is 0 Å². The molecule has 1 aromatic rings. The molecule has 1 aromatic heterocycles. The summed E-state index contributed by atoms with van der Waals surface area (Å²) in [7, 11) is 0. The maximum atomic E-state index is 13.5. The minimum atomic E-state index is -1.21. The smallest absolute Gasteiger partial charge is 0.310 e. The number of rotatable bonds is 7. The molecule has 4 atom stereocenters. The van der Waals surface area contributed by atoms with Crippen LogP contribution < -0.4 is 5.73 Å². The Morgan fingerprint density at radius 3 is 2.87 bits per heavy atom. The number of fused-ring (bicyclic) bond motifs is 1. The molecule has 0 amide bonds. The van der Waals surface area contributed by atoms with Gasteiger partial charge in [0.2, 0.25) is 0 Å². The minimum Gasteiger partial charge on any atom is -0.392 e. The highest BCUT2D eigenvalue weighted by atomic mass is 19.1. The van der Waals surface area contributed by atoms with Gasteiger partial charge in [0.05, 0.1) is 18.4 Å². The first-order chi connectivity index (χ1) is 14.7. The number of terminal acetylenes is 1. The van der Waals surface area contributed by atoms with Crippen LogP contribution in [-0.2, 0) is 16.0 Å². The molecule has 0 radical (unpaired) electrons. The zero-order chi connectivity index (χ0) is 22.8. The Labute approximate surface area is 182 Å². The Hall–Kier alpha value is -2.37. The first-order valence-corrected chi connectivity index (χ1v) is 10.8. The molecule has 1 saturated heterocycles. The predicted octanol–water partition coefficient (Wildman–Crippen LogP) is 3.02. The van der Waals surface area contributed by atoms with E-state index in [4.69, 9.17) is 16.9 Å². The number of carbonyl (C=O) groups excluding carboxylic acids is 1. The molecule has 1 unspecified atom stereocenters. The summed E-state index contributed by atoms with van der Waals surface area (Å²) in [6, 6.07) is 0. The lowest BCUT2D eigenvalue weighted by Gasteiger charge is -2.30. The number of hydrogen-bond acceptors (Lipinski definition) is 7. The van der Waals surface area contributed by atoms with Gasteiger partial charge in [0, 0.05) is 29.9 Å². The highest BCUT2D eigenvalue weighted by molar-refractivity contribution is 5.84. The minimum absolute atomic E-state index is 0.00157. The molecule has 8 heteroatoms. The summed E-state index contributed by atoms with van der Waals surface area (Å²) in [5.41, 5.74) is 4.98. The zero-order valence-corrected chi connectivity index (χ0v) is 18.4. The first-order valence-electron chi connectivity index (χ1n) is 10.8. The lowest BCUT2D eigenvalue weighted by atomic mass is 9.75. The molecule has 3 rings (SSSR count). The van der Waals surface area contributed by atoms with Crippen molar-refractivity contribution in [3.05, 3.63) is 11.8 Å². The van der Waals surface area contributed by atoms with Crippen molar-refractivity contribution in [2.45, 2.75) is 71.0 Å². The zero-order valence-electron chi connectivity index (χ0n) is 18.4. The normalized spacial score (nSPS) is 28.1. The average Bonchev–Trinajstić information content (AvgIpc) is 2.93. The first kappa shape index (κ1) is 23.3. The van der Waals surface area contributed by atoms with E-state index >= 15 is 0 Å². The number of ether oxygens (including phenoxy) is 1.